The van der Waals surface area contributed by atoms with E-state index in [0.29, 0.717) is 6.54 Å². The first-order valence-corrected chi connectivity index (χ1v) is 7.63. The quantitative estimate of drug-likeness (QED) is 0.811. The average Bonchev–Trinajstić information content (AvgIpc) is 2.39. The van der Waals surface area contributed by atoms with Gasteiger partial charge in [0.1, 0.15) is 0 Å². The molecule has 0 saturated heterocycles. The highest BCUT2D eigenvalue weighted by Crippen LogP contribution is 2.37. The molecule has 18 heavy (non-hydrogen) atoms. The Morgan fingerprint density at radius 1 is 1.00 bits per heavy atom. The van der Waals surface area contributed by atoms with Crippen LogP contribution in [-0.4, -0.2) is 18.0 Å². The van der Waals surface area contributed by atoms with Crippen LogP contribution >= 0.6 is 0 Å². The minimum atomic E-state index is -0.265. The zero-order valence-corrected chi connectivity index (χ0v) is 11.8. The largest absolute Gasteiger partial charge is 0.350 e. The molecule has 0 bridgehead atoms. The van der Waals surface area contributed by atoms with Crippen LogP contribution in [0, 0.1) is 5.41 Å². The van der Waals surface area contributed by atoms with E-state index in [1.165, 1.54) is 25.7 Å². The minimum Gasteiger partial charge on any atom is -0.350 e. The number of hydrogen-bond donors (Lipinski definition) is 2. The molecule has 0 heterocycles. The van der Waals surface area contributed by atoms with Gasteiger partial charge in [-0.25, -0.2) is 0 Å². The normalized spacial score (nSPS) is 26.6. The molecule has 0 aliphatic heterocycles. The summed E-state index contributed by atoms with van der Waals surface area (Å²) >= 11 is 0. The number of amides is 1. The molecule has 0 radical (unpaired) electrons. The molecule has 0 aromatic carbocycles. The van der Waals surface area contributed by atoms with E-state index in [0.717, 1.165) is 38.5 Å². The Bertz CT molecular complexity index is 289. The number of carbonyl (C=O) groups is 1. The van der Waals surface area contributed by atoms with Crippen molar-refractivity contribution >= 4 is 5.91 Å². The number of hydrogen-bond acceptors (Lipinski definition) is 2. The molecule has 2 saturated carbocycles. The fourth-order valence-electron chi connectivity index (χ4n) is 3.62. The van der Waals surface area contributed by atoms with Gasteiger partial charge in [0.05, 0.1) is 5.41 Å². The standard InChI is InChI=1S/C15H28N2O/c1-14(8-4-2-5-9-14)17-13(18)15(12-16)10-6-3-7-11-15/h2-12,16H2,1H3,(H,17,18). The summed E-state index contributed by atoms with van der Waals surface area (Å²) in [5, 5.41) is 3.34. The molecule has 3 heteroatoms. The fraction of sp³-hybridized carbons (Fsp3) is 0.933. The molecular weight excluding hydrogens is 224 g/mol. The van der Waals surface area contributed by atoms with Gasteiger partial charge in [-0.1, -0.05) is 38.5 Å². The van der Waals surface area contributed by atoms with Crippen molar-refractivity contribution in [3.05, 3.63) is 0 Å². The smallest absolute Gasteiger partial charge is 0.227 e. The van der Waals surface area contributed by atoms with Gasteiger partial charge in [0, 0.05) is 12.1 Å². The summed E-state index contributed by atoms with van der Waals surface area (Å²) in [6.45, 7) is 2.71. The third-order valence-corrected chi connectivity index (χ3v) is 5.06. The predicted octanol–water partition coefficient (Wildman–Crippen LogP) is 2.73. The third-order valence-electron chi connectivity index (χ3n) is 5.06. The number of nitrogens with two attached hydrogens (primary N) is 1. The zero-order valence-electron chi connectivity index (χ0n) is 11.8. The van der Waals surface area contributed by atoms with Crippen LogP contribution in [0.4, 0.5) is 0 Å². The maximum Gasteiger partial charge on any atom is 0.227 e. The summed E-state index contributed by atoms with van der Waals surface area (Å²) < 4.78 is 0. The van der Waals surface area contributed by atoms with E-state index < -0.39 is 0 Å². The molecule has 0 aromatic rings. The molecule has 0 atom stereocenters. The molecule has 3 N–H and O–H groups in total. The Balaban J connectivity index is 2.00. The second kappa shape index (κ2) is 5.60. The summed E-state index contributed by atoms with van der Waals surface area (Å²) in [5.41, 5.74) is 5.68. The monoisotopic (exact) mass is 252 g/mol. The van der Waals surface area contributed by atoms with Gasteiger partial charge >= 0.3 is 0 Å². The summed E-state index contributed by atoms with van der Waals surface area (Å²) in [4.78, 5) is 12.6. The maximum absolute atomic E-state index is 12.6. The number of nitrogens with one attached hydrogen (secondary N) is 1. The SMILES string of the molecule is CC1(NC(=O)C2(CN)CCCCC2)CCCCC1. The van der Waals surface area contributed by atoms with Crippen LogP contribution in [0.15, 0.2) is 0 Å². The lowest BCUT2D eigenvalue weighted by atomic mass is 9.72. The van der Waals surface area contributed by atoms with Crippen molar-refractivity contribution < 1.29 is 4.79 Å². The number of carbonyl (C=O) groups excluding carboxylic acids is 1. The van der Waals surface area contributed by atoms with E-state index in [4.69, 9.17) is 5.73 Å². The van der Waals surface area contributed by atoms with Gasteiger partial charge < -0.3 is 11.1 Å². The predicted molar refractivity (Wildman–Crippen MR) is 74.2 cm³/mol. The first-order valence-electron chi connectivity index (χ1n) is 7.63. The highest BCUT2D eigenvalue weighted by Gasteiger charge is 2.41. The van der Waals surface area contributed by atoms with Crippen LogP contribution in [0.5, 0.6) is 0 Å². The molecule has 2 rings (SSSR count). The van der Waals surface area contributed by atoms with Crippen LogP contribution in [0.1, 0.15) is 71.1 Å². The fourth-order valence-corrected chi connectivity index (χ4v) is 3.62. The summed E-state index contributed by atoms with van der Waals surface area (Å²) in [7, 11) is 0. The van der Waals surface area contributed by atoms with Gasteiger partial charge in [0.15, 0.2) is 0 Å². The summed E-state index contributed by atoms with van der Waals surface area (Å²) in [6.07, 6.45) is 11.6. The van der Waals surface area contributed by atoms with Crippen molar-refractivity contribution in [2.45, 2.75) is 76.7 Å². The van der Waals surface area contributed by atoms with E-state index in [1.54, 1.807) is 0 Å². The van der Waals surface area contributed by atoms with Crippen molar-refractivity contribution in [2.75, 3.05) is 6.54 Å². The van der Waals surface area contributed by atoms with Crippen molar-refractivity contribution in [3.8, 4) is 0 Å². The Kier molecular flexibility index (Phi) is 4.31. The van der Waals surface area contributed by atoms with Crippen LogP contribution in [0.25, 0.3) is 0 Å². The van der Waals surface area contributed by atoms with Gasteiger partial charge in [0.2, 0.25) is 5.91 Å². The molecular formula is C15H28N2O. The van der Waals surface area contributed by atoms with Gasteiger partial charge in [-0.2, -0.15) is 0 Å². The molecule has 2 aliphatic rings. The Morgan fingerprint density at radius 3 is 2.00 bits per heavy atom. The Morgan fingerprint density at radius 2 is 1.50 bits per heavy atom. The van der Waals surface area contributed by atoms with E-state index in [9.17, 15) is 4.79 Å². The van der Waals surface area contributed by atoms with Crippen molar-refractivity contribution in [1.29, 1.82) is 0 Å². The third kappa shape index (κ3) is 2.87. The van der Waals surface area contributed by atoms with Gasteiger partial charge in [0.25, 0.3) is 0 Å². The van der Waals surface area contributed by atoms with E-state index in [-0.39, 0.29) is 16.9 Å². The molecule has 104 valence electrons. The zero-order chi connectivity index (χ0) is 13.1. The molecule has 2 aliphatic carbocycles. The van der Waals surface area contributed by atoms with Crippen LogP contribution in [0.3, 0.4) is 0 Å². The first-order chi connectivity index (χ1) is 8.60. The molecule has 0 aromatic heterocycles. The lowest BCUT2D eigenvalue weighted by Crippen LogP contribution is -2.55. The van der Waals surface area contributed by atoms with Gasteiger partial charge in [-0.3, -0.25) is 4.79 Å². The second-order valence-electron chi connectivity index (χ2n) is 6.62. The second-order valence-corrected chi connectivity index (χ2v) is 6.62. The van der Waals surface area contributed by atoms with Gasteiger partial charge in [-0.15, -0.1) is 0 Å². The molecule has 1 amide bonds. The van der Waals surface area contributed by atoms with E-state index in [2.05, 4.69) is 12.2 Å². The Hall–Kier alpha value is -0.570. The molecule has 0 spiro atoms. The topological polar surface area (TPSA) is 55.1 Å². The van der Waals surface area contributed by atoms with Crippen molar-refractivity contribution in [3.63, 3.8) is 0 Å². The Labute approximate surface area is 111 Å². The van der Waals surface area contributed by atoms with Gasteiger partial charge in [-0.05, 0) is 32.6 Å². The van der Waals surface area contributed by atoms with Crippen LogP contribution in [-0.2, 0) is 4.79 Å². The van der Waals surface area contributed by atoms with Crippen LogP contribution < -0.4 is 11.1 Å². The van der Waals surface area contributed by atoms with Crippen molar-refractivity contribution in [2.24, 2.45) is 11.1 Å². The number of rotatable bonds is 3. The van der Waals surface area contributed by atoms with E-state index in [1.807, 2.05) is 0 Å². The maximum atomic E-state index is 12.6. The summed E-state index contributed by atoms with van der Waals surface area (Å²) in [5.74, 6) is 0.231. The lowest BCUT2D eigenvalue weighted by Gasteiger charge is -2.41. The highest BCUT2D eigenvalue weighted by molar-refractivity contribution is 5.83. The minimum absolute atomic E-state index is 0.0228. The first kappa shape index (κ1) is 13.9. The highest BCUT2D eigenvalue weighted by atomic mass is 16.2. The average molecular weight is 252 g/mol. The van der Waals surface area contributed by atoms with E-state index >= 15 is 0 Å². The summed E-state index contributed by atoms with van der Waals surface area (Å²) in [6, 6.07) is 0. The van der Waals surface area contributed by atoms with Crippen molar-refractivity contribution in [1.82, 2.24) is 5.32 Å². The molecule has 2 fully saturated rings. The van der Waals surface area contributed by atoms with Crippen LogP contribution in [0.2, 0.25) is 0 Å². The molecule has 3 nitrogen and oxygen atoms in total. The molecule has 0 unspecified atom stereocenters. The lowest BCUT2D eigenvalue weighted by molar-refractivity contribution is -0.134.